The first-order valence-corrected chi connectivity index (χ1v) is 12.2. The molecule has 0 bridgehead atoms. The summed E-state index contributed by atoms with van der Waals surface area (Å²) in [6.07, 6.45) is 11.5. The number of allylic oxidation sites excluding steroid dienone is 1. The topological polar surface area (TPSA) is 96.5 Å². The smallest absolute Gasteiger partial charge is 0.331 e. The van der Waals surface area contributed by atoms with Gasteiger partial charge in [0.15, 0.2) is 6.29 Å². The average molecular weight is 460 g/mol. The Morgan fingerprint density at radius 1 is 1.06 bits per heavy atom. The molecule has 7 nitrogen and oxygen atoms in total. The lowest BCUT2D eigenvalue weighted by Gasteiger charge is -2.25. The van der Waals surface area contributed by atoms with Crippen LogP contribution in [0.25, 0.3) is 10.9 Å². The number of halogens is 1. The molecule has 33 heavy (non-hydrogen) atoms. The first kappa shape index (κ1) is 23.7. The number of aliphatic hydroxyl groups is 2. The molecule has 0 saturated heterocycles. The highest BCUT2D eigenvalue weighted by molar-refractivity contribution is 5.82. The molecule has 0 atom stereocenters. The number of hydrogen-bond acceptors (Lipinski definition) is 5. The summed E-state index contributed by atoms with van der Waals surface area (Å²) in [6.45, 7) is 0.190. The summed E-state index contributed by atoms with van der Waals surface area (Å²) in [5.74, 6) is -0.465. The second kappa shape index (κ2) is 10.7. The maximum atomic E-state index is 15.1. The van der Waals surface area contributed by atoms with Crippen LogP contribution in [-0.4, -0.2) is 31.7 Å². The van der Waals surface area contributed by atoms with Crippen LogP contribution in [0.4, 0.5) is 10.1 Å². The van der Waals surface area contributed by atoms with Gasteiger partial charge in [-0.3, -0.25) is 13.9 Å². The zero-order valence-corrected chi connectivity index (χ0v) is 19.0. The molecule has 2 fully saturated rings. The first-order valence-electron chi connectivity index (χ1n) is 12.2. The normalized spacial score (nSPS) is 18.2. The quantitative estimate of drug-likeness (QED) is 0.317. The van der Waals surface area contributed by atoms with Crippen molar-refractivity contribution >= 4 is 16.6 Å². The second-order valence-electron chi connectivity index (χ2n) is 9.36. The molecule has 0 unspecified atom stereocenters. The van der Waals surface area contributed by atoms with E-state index in [-0.39, 0.29) is 29.7 Å². The van der Waals surface area contributed by atoms with Gasteiger partial charge in [0.2, 0.25) is 0 Å². The molecule has 0 aliphatic heterocycles. The molecular weight excluding hydrogens is 425 g/mol. The van der Waals surface area contributed by atoms with Crippen LogP contribution in [0.2, 0.25) is 0 Å². The van der Waals surface area contributed by atoms with E-state index in [1.165, 1.54) is 23.1 Å². The van der Waals surface area contributed by atoms with Gasteiger partial charge in [-0.15, -0.1) is 0 Å². The summed E-state index contributed by atoms with van der Waals surface area (Å²) in [5.41, 5.74) is 0.0564. The summed E-state index contributed by atoms with van der Waals surface area (Å²) < 4.78 is 18.0. The predicted molar refractivity (Wildman–Crippen MR) is 127 cm³/mol. The molecule has 0 amide bonds. The van der Waals surface area contributed by atoms with Crippen molar-refractivity contribution in [3.63, 3.8) is 0 Å². The van der Waals surface area contributed by atoms with E-state index in [9.17, 15) is 9.59 Å². The van der Waals surface area contributed by atoms with Gasteiger partial charge in [-0.25, -0.2) is 9.18 Å². The first-order chi connectivity index (χ1) is 16.0. The second-order valence-corrected chi connectivity index (χ2v) is 9.36. The van der Waals surface area contributed by atoms with E-state index in [0.29, 0.717) is 24.0 Å². The number of hydrogen-bond donors (Lipinski definition) is 3. The Hall–Kier alpha value is -2.45. The van der Waals surface area contributed by atoms with Gasteiger partial charge in [-0.2, -0.15) is 0 Å². The summed E-state index contributed by atoms with van der Waals surface area (Å²) >= 11 is 0. The standard InChI is InChI=1S/C25H34FN3O4/c26-20-15-19-22(16-21(20)27-17-9-3-1-4-10-17)29(18-11-6-7-12-18)25(33)28(24(19)32)14-8-2-5-13-23(30)31/h5,13,15-18,23,27,30-31H,1-4,6-12,14H2/b13-5+. The molecule has 3 N–H and O–H groups in total. The van der Waals surface area contributed by atoms with Crippen molar-refractivity contribution in [1.82, 2.24) is 9.13 Å². The minimum absolute atomic E-state index is 0.00396. The molecule has 8 heteroatoms. The third-order valence-electron chi connectivity index (χ3n) is 6.97. The lowest BCUT2D eigenvalue weighted by atomic mass is 9.95. The van der Waals surface area contributed by atoms with Crippen molar-refractivity contribution in [2.75, 3.05) is 5.32 Å². The van der Waals surface area contributed by atoms with Crippen LogP contribution in [0.15, 0.2) is 33.9 Å². The predicted octanol–water partition coefficient (Wildman–Crippen LogP) is 3.81. The van der Waals surface area contributed by atoms with Gasteiger partial charge in [0.1, 0.15) is 5.82 Å². The Bertz CT molecular complexity index is 1110. The molecule has 1 aromatic carbocycles. The van der Waals surface area contributed by atoms with Gasteiger partial charge in [0.05, 0.1) is 16.6 Å². The Kier molecular flexibility index (Phi) is 7.65. The fourth-order valence-electron chi connectivity index (χ4n) is 5.27. The molecule has 180 valence electrons. The molecule has 0 radical (unpaired) electrons. The van der Waals surface area contributed by atoms with Crippen LogP contribution in [0.1, 0.15) is 76.7 Å². The highest BCUT2D eigenvalue weighted by atomic mass is 19.1. The van der Waals surface area contributed by atoms with Crippen molar-refractivity contribution in [3.8, 4) is 0 Å². The lowest BCUT2D eigenvalue weighted by Crippen LogP contribution is -2.41. The van der Waals surface area contributed by atoms with E-state index >= 15 is 4.39 Å². The Labute approximate surface area is 192 Å². The number of rotatable bonds is 8. The van der Waals surface area contributed by atoms with Crippen molar-refractivity contribution in [2.45, 2.75) is 95.5 Å². The highest BCUT2D eigenvalue weighted by Crippen LogP contribution is 2.32. The summed E-state index contributed by atoms with van der Waals surface area (Å²) in [7, 11) is 0. The van der Waals surface area contributed by atoms with Gasteiger partial charge < -0.3 is 15.5 Å². The molecule has 1 heterocycles. The Balaban J connectivity index is 1.73. The SMILES string of the molecule is O=c1c2cc(F)c(NC3CCCCC3)cc2n(C2CCCC2)c(=O)n1CCC/C=C/C(O)O. The third-order valence-corrected chi connectivity index (χ3v) is 6.97. The molecule has 2 aliphatic carbocycles. The van der Waals surface area contributed by atoms with Crippen LogP contribution in [-0.2, 0) is 6.54 Å². The van der Waals surface area contributed by atoms with E-state index in [0.717, 1.165) is 51.4 Å². The number of aliphatic hydroxyl groups excluding tert-OH is 1. The Morgan fingerprint density at radius 2 is 1.76 bits per heavy atom. The van der Waals surface area contributed by atoms with Gasteiger partial charge in [-0.1, -0.05) is 38.2 Å². The van der Waals surface area contributed by atoms with Gasteiger partial charge in [0.25, 0.3) is 5.56 Å². The number of aromatic nitrogens is 2. The fourth-order valence-corrected chi connectivity index (χ4v) is 5.27. The average Bonchev–Trinajstić information content (AvgIpc) is 3.32. The van der Waals surface area contributed by atoms with Crippen LogP contribution in [0.5, 0.6) is 0 Å². The van der Waals surface area contributed by atoms with Crippen molar-refractivity contribution in [2.24, 2.45) is 0 Å². The zero-order chi connectivity index (χ0) is 23.4. The van der Waals surface area contributed by atoms with E-state index in [4.69, 9.17) is 10.2 Å². The van der Waals surface area contributed by atoms with Crippen LogP contribution in [0.3, 0.4) is 0 Å². The molecule has 0 spiro atoms. The summed E-state index contributed by atoms with van der Waals surface area (Å²) in [5, 5.41) is 21.4. The monoisotopic (exact) mass is 459 g/mol. The molecular formula is C25H34FN3O4. The molecule has 2 aliphatic rings. The number of nitrogens with zero attached hydrogens (tertiary/aromatic N) is 2. The van der Waals surface area contributed by atoms with E-state index < -0.39 is 17.7 Å². The third kappa shape index (κ3) is 5.38. The van der Waals surface area contributed by atoms with Crippen molar-refractivity contribution < 1.29 is 14.6 Å². The number of fused-ring (bicyclic) bond motifs is 1. The molecule has 1 aromatic heterocycles. The van der Waals surface area contributed by atoms with E-state index in [2.05, 4.69) is 5.32 Å². The molecule has 2 saturated carbocycles. The summed E-state index contributed by atoms with van der Waals surface area (Å²) in [6, 6.07) is 3.16. The maximum Gasteiger partial charge on any atom is 0.331 e. The fraction of sp³-hybridized carbons (Fsp3) is 0.600. The lowest BCUT2D eigenvalue weighted by molar-refractivity contribution is 0.00215. The number of anilines is 1. The van der Waals surface area contributed by atoms with E-state index in [1.54, 1.807) is 16.7 Å². The number of benzene rings is 1. The number of nitrogens with one attached hydrogen (secondary N) is 1. The minimum Gasteiger partial charge on any atom is -0.380 e. The van der Waals surface area contributed by atoms with Gasteiger partial charge in [-0.05, 0) is 56.7 Å². The van der Waals surface area contributed by atoms with Crippen LogP contribution in [0, 0.1) is 5.82 Å². The number of unbranched alkanes of at least 4 members (excludes halogenated alkanes) is 1. The minimum atomic E-state index is -1.52. The molecule has 2 aromatic rings. The van der Waals surface area contributed by atoms with Crippen molar-refractivity contribution in [3.05, 3.63) is 50.9 Å². The van der Waals surface area contributed by atoms with Gasteiger partial charge in [0, 0.05) is 18.6 Å². The largest absolute Gasteiger partial charge is 0.380 e. The maximum absolute atomic E-state index is 15.1. The Morgan fingerprint density at radius 3 is 2.45 bits per heavy atom. The van der Waals surface area contributed by atoms with Crippen LogP contribution < -0.4 is 16.6 Å². The summed E-state index contributed by atoms with van der Waals surface area (Å²) in [4.78, 5) is 26.7. The van der Waals surface area contributed by atoms with Crippen molar-refractivity contribution in [1.29, 1.82) is 0 Å². The zero-order valence-electron chi connectivity index (χ0n) is 19.0. The van der Waals surface area contributed by atoms with E-state index in [1.807, 2.05) is 0 Å². The molecule has 4 rings (SSSR count). The highest BCUT2D eigenvalue weighted by Gasteiger charge is 2.24. The van der Waals surface area contributed by atoms with Gasteiger partial charge >= 0.3 is 5.69 Å². The van der Waals surface area contributed by atoms with Crippen LogP contribution >= 0.6 is 0 Å².